The van der Waals surface area contributed by atoms with Crippen molar-refractivity contribution in [1.29, 1.82) is 0 Å². The molecule has 1 aliphatic heterocycles. The number of hydrogen-bond donors (Lipinski definition) is 2. The number of carbonyl (C=O) groups excluding carboxylic acids is 2. The largest absolute Gasteiger partial charge is 0.481 e. The SMILES string of the molecule is CC(C)CC(=O)NC(C(=O)N1CCC(C(=O)O)(C(C)C)C1)c1ccccc1. The molecule has 2 amide bonds. The summed E-state index contributed by atoms with van der Waals surface area (Å²) in [5.74, 6) is -1.20. The number of benzene rings is 1. The van der Waals surface area contributed by atoms with Crippen molar-refractivity contribution >= 4 is 17.8 Å². The van der Waals surface area contributed by atoms with Gasteiger partial charge in [0.1, 0.15) is 6.04 Å². The van der Waals surface area contributed by atoms with Gasteiger partial charge in [0.05, 0.1) is 5.41 Å². The Hall–Kier alpha value is -2.37. The summed E-state index contributed by atoms with van der Waals surface area (Å²) in [7, 11) is 0. The molecule has 148 valence electrons. The first-order chi connectivity index (χ1) is 12.7. The number of nitrogens with zero attached hydrogens (tertiary/aromatic N) is 1. The number of carbonyl (C=O) groups is 3. The van der Waals surface area contributed by atoms with Crippen LogP contribution in [0.15, 0.2) is 30.3 Å². The van der Waals surface area contributed by atoms with Gasteiger partial charge in [0.25, 0.3) is 0 Å². The van der Waals surface area contributed by atoms with Gasteiger partial charge < -0.3 is 15.3 Å². The van der Waals surface area contributed by atoms with E-state index in [4.69, 9.17) is 0 Å². The second-order valence-corrected chi connectivity index (χ2v) is 8.13. The van der Waals surface area contributed by atoms with E-state index in [0.29, 0.717) is 24.9 Å². The minimum atomic E-state index is -0.932. The third kappa shape index (κ3) is 4.67. The van der Waals surface area contributed by atoms with Crippen molar-refractivity contribution in [3.05, 3.63) is 35.9 Å². The van der Waals surface area contributed by atoms with E-state index in [1.165, 1.54) is 0 Å². The van der Waals surface area contributed by atoms with Crippen LogP contribution in [0, 0.1) is 17.3 Å². The average molecular weight is 374 g/mol. The Bertz CT molecular complexity index is 687. The van der Waals surface area contributed by atoms with Gasteiger partial charge in [-0.25, -0.2) is 0 Å². The summed E-state index contributed by atoms with van der Waals surface area (Å²) in [5.41, 5.74) is -0.226. The molecule has 6 heteroatoms. The van der Waals surface area contributed by atoms with E-state index in [2.05, 4.69) is 5.32 Å². The first-order valence-corrected chi connectivity index (χ1v) is 9.54. The lowest BCUT2D eigenvalue weighted by molar-refractivity contribution is -0.151. The summed E-state index contributed by atoms with van der Waals surface area (Å²) in [5, 5.41) is 12.6. The molecule has 2 N–H and O–H groups in total. The van der Waals surface area contributed by atoms with Gasteiger partial charge in [0, 0.05) is 19.5 Å². The maximum absolute atomic E-state index is 13.2. The summed E-state index contributed by atoms with van der Waals surface area (Å²) in [4.78, 5) is 39.0. The van der Waals surface area contributed by atoms with Crippen molar-refractivity contribution in [2.24, 2.45) is 17.3 Å². The van der Waals surface area contributed by atoms with Crippen molar-refractivity contribution < 1.29 is 19.5 Å². The van der Waals surface area contributed by atoms with Crippen LogP contribution in [0.25, 0.3) is 0 Å². The van der Waals surface area contributed by atoms with Gasteiger partial charge in [-0.05, 0) is 23.8 Å². The highest BCUT2D eigenvalue weighted by atomic mass is 16.4. The van der Waals surface area contributed by atoms with Crippen molar-refractivity contribution in [2.45, 2.75) is 46.6 Å². The lowest BCUT2D eigenvalue weighted by Gasteiger charge is -2.30. The highest BCUT2D eigenvalue weighted by Crippen LogP contribution is 2.39. The van der Waals surface area contributed by atoms with Gasteiger partial charge in [0.2, 0.25) is 11.8 Å². The topological polar surface area (TPSA) is 86.7 Å². The first kappa shape index (κ1) is 20.9. The number of aliphatic carboxylic acids is 1. The average Bonchev–Trinajstić information content (AvgIpc) is 3.06. The zero-order valence-corrected chi connectivity index (χ0v) is 16.6. The van der Waals surface area contributed by atoms with Gasteiger partial charge in [0.15, 0.2) is 0 Å². The van der Waals surface area contributed by atoms with Crippen LogP contribution >= 0.6 is 0 Å². The quantitative estimate of drug-likeness (QED) is 0.768. The maximum Gasteiger partial charge on any atom is 0.311 e. The van der Waals surface area contributed by atoms with E-state index in [0.717, 1.165) is 0 Å². The van der Waals surface area contributed by atoms with E-state index in [1.54, 1.807) is 17.0 Å². The predicted octanol–water partition coefficient (Wildman–Crippen LogP) is 2.85. The molecule has 2 rings (SSSR count). The molecule has 0 spiro atoms. The minimum Gasteiger partial charge on any atom is -0.481 e. The Morgan fingerprint density at radius 3 is 2.26 bits per heavy atom. The van der Waals surface area contributed by atoms with Crippen LogP contribution in [0.3, 0.4) is 0 Å². The van der Waals surface area contributed by atoms with Gasteiger partial charge in [-0.3, -0.25) is 14.4 Å². The number of carboxylic acids is 1. The van der Waals surface area contributed by atoms with Crippen LogP contribution in [-0.2, 0) is 14.4 Å². The lowest BCUT2D eigenvalue weighted by atomic mass is 9.76. The Labute approximate surface area is 160 Å². The molecule has 0 bridgehead atoms. The van der Waals surface area contributed by atoms with Crippen molar-refractivity contribution in [3.63, 3.8) is 0 Å². The number of nitrogens with one attached hydrogen (secondary N) is 1. The van der Waals surface area contributed by atoms with Gasteiger partial charge in [-0.2, -0.15) is 0 Å². The molecule has 1 aliphatic rings. The van der Waals surface area contributed by atoms with E-state index < -0.39 is 17.4 Å². The summed E-state index contributed by atoms with van der Waals surface area (Å²) < 4.78 is 0. The molecule has 6 nitrogen and oxygen atoms in total. The van der Waals surface area contributed by atoms with Crippen molar-refractivity contribution in [1.82, 2.24) is 10.2 Å². The van der Waals surface area contributed by atoms with Crippen molar-refractivity contribution in [3.8, 4) is 0 Å². The fourth-order valence-corrected chi connectivity index (χ4v) is 3.62. The smallest absolute Gasteiger partial charge is 0.311 e. The van der Waals surface area contributed by atoms with E-state index in [-0.39, 0.29) is 30.2 Å². The molecular formula is C21H30N2O4. The number of carboxylic acid groups (broad SMARTS) is 1. The van der Waals surface area contributed by atoms with Crippen LogP contribution in [0.1, 0.15) is 52.1 Å². The van der Waals surface area contributed by atoms with Crippen LogP contribution < -0.4 is 5.32 Å². The maximum atomic E-state index is 13.2. The monoisotopic (exact) mass is 374 g/mol. The second kappa shape index (κ2) is 8.55. The van der Waals surface area contributed by atoms with E-state index in [1.807, 2.05) is 45.9 Å². The first-order valence-electron chi connectivity index (χ1n) is 9.54. The molecule has 0 aliphatic carbocycles. The Balaban J connectivity index is 2.24. The Morgan fingerprint density at radius 2 is 1.78 bits per heavy atom. The summed E-state index contributed by atoms with van der Waals surface area (Å²) >= 11 is 0. The molecule has 1 heterocycles. The molecule has 0 aromatic heterocycles. The molecule has 27 heavy (non-hydrogen) atoms. The van der Waals surface area contributed by atoms with Crippen molar-refractivity contribution in [2.75, 3.05) is 13.1 Å². The highest BCUT2D eigenvalue weighted by molar-refractivity contribution is 5.89. The molecule has 1 aromatic rings. The summed E-state index contributed by atoms with van der Waals surface area (Å²) in [6.07, 6.45) is 0.759. The molecule has 1 aromatic carbocycles. The van der Waals surface area contributed by atoms with Crippen LogP contribution in [0.5, 0.6) is 0 Å². The van der Waals surface area contributed by atoms with E-state index in [9.17, 15) is 19.5 Å². The van der Waals surface area contributed by atoms with E-state index >= 15 is 0 Å². The lowest BCUT2D eigenvalue weighted by Crippen LogP contribution is -2.45. The Morgan fingerprint density at radius 1 is 1.15 bits per heavy atom. The fraction of sp³-hybridized carbons (Fsp3) is 0.571. The molecule has 1 fully saturated rings. The zero-order valence-electron chi connectivity index (χ0n) is 16.6. The predicted molar refractivity (Wildman–Crippen MR) is 103 cm³/mol. The standard InChI is InChI=1S/C21H30N2O4/c1-14(2)12-17(24)22-18(16-8-6-5-7-9-16)19(25)23-11-10-21(13-23,15(3)4)20(26)27/h5-9,14-15,18H,10-13H2,1-4H3,(H,22,24)(H,26,27). The normalized spacial score (nSPS) is 20.7. The number of rotatable bonds is 7. The van der Waals surface area contributed by atoms with Gasteiger partial charge in [-0.15, -0.1) is 0 Å². The summed E-state index contributed by atoms with van der Waals surface area (Å²) in [6.45, 7) is 8.20. The third-order valence-corrected chi connectivity index (χ3v) is 5.42. The molecule has 2 atom stereocenters. The van der Waals surface area contributed by atoms with Crippen LogP contribution in [-0.4, -0.2) is 40.9 Å². The number of amides is 2. The molecule has 2 unspecified atom stereocenters. The molecule has 0 saturated carbocycles. The van der Waals surface area contributed by atoms with Gasteiger partial charge in [-0.1, -0.05) is 58.0 Å². The third-order valence-electron chi connectivity index (χ3n) is 5.42. The minimum absolute atomic E-state index is 0.0847. The molecule has 0 radical (unpaired) electrons. The highest BCUT2D eigenvalue weighted by Gasteiger charge is 2.49. The van der Waals surface area contributed by atoms with Crippen LogP contribution in [0.2, 0.25) is 0 Å². The summed E-state index contributed by atoms with van der Waals surface area (Å²) in [6, 6.07) is 8.32. The molecule has 1 saturated heterocycles. The van der Waals surface area contributed by atoms with Gasteiger partial charge >= 0.3 is 5.97 Å². The number of hydrogen-bond acceptors (Lipinski definition) is 3. The second-order valence-electron chi connectivity index (χ2n) is 8.13. The number of likely N-dealkylation sites (tertiary alicyclic amines) is 1. The zero-order chi connectivity index (χ0) is 20.2. The molecular weight excluding hydrogens is 344 g/mol. The van der Waals surface area contributed by atoms with Crippen LogP contribution in [0.4, 0.5) is 0 Å². The fourth-order valence-electron chi connectivity index (χ4n) is 3.62. The Kier molecular flexibility index (Phi) is 6.63.